The van der Waals surface area contributed by atoms with E-state index in [0.29, 0.717) is 0 Å². The van der Waals surface area contributed by atoms with Crippen molar-refractivity contribution < 1.29 is 27.5 Å². The Morgan fingerprint density at radius 3 is 2.18 bits per heavy atom. The van der Waals surface area contributed by atoms with Crippen molar-refractivity contribution in [1.29, 1.82) is 0 Å². The van der Waals surface area contributed by atoms with Crippen LogP contribution >= 0.6 is 0 Å². The fraction of sp³-hybridized carbons (Fsp3) is 0.200. The van der Waals surface area contributed by atoms with Crippen molar-refractivity contribution in [2.75, 3.05) is 18.0 Å². The van der Waals surface area contributed by atoms with E-state index in [0.717, 1.165) is 17.0 Å². The molecule has 2 rings (SSSR count). The van der Waals surface area contributed by atoms with Crippen LogP contribution in [0.2, 0.25) is 0 Å². The molecule has 1 heterocycles. The minimum atomic E-state index is -1.64. The van der Waals surface area contributed by atoms with Crippen molar-refractivity contribution >= 4 is 17.6 Å². The monoisotopic (exact) mass is 245 g/mol. The number of carbonyl (C=O) groups is 2. The zero-order chi connectivity index (χ0) is 12.6. The van der Waals surface area contributed by atoms with Crippen LogP contribution in [0.4, 0.5) is 18.9 Å². The Kier molecular flexibility index (Phi) is 2.74. The standard InChI is InChI=1S/C10H6F3NO3/c11-5-1-2-6(10(13)9(5)12)14-3-7(15)17-8(16)4-14/h1-2H,3-4H2. The molecule has 7 heteroatoms. The first-order valence-electron chi connectivity index (χ1n) is 4.61. The fourth-order valence-corrected chi connectivity index (χ4v) is 1.49. The molecule has 4 nitrogen and oxygen atoms in total. The lowest BCUT2D eigenvalue weighted by Gasteiger charge is -2.26. The first-order chi connectivity index (χ1) is 7.99. The van der Waals surface area contributed by atoms with Gasteiger partial charge in [-0.15, -0.1) is 0 Å². The molecule has 1 fully saturated rings. The molecular formula is C10H6F3NO3. The average molecular weight is 245 g/mol. The van der Waals surface area contributed by atoms with Gasteiger partial charge in [-0.1, -0.05) is 0 Å². The quantitative estimate of drug-likeness (QED) is 0.420. The summed E-state index contributed by atoms with van der Waals surface area (Å²) in [5.41, 5.74) is -0.353. The molecule has 17 heavy (non-hydrogen) atoms. The van der Waals surface area contributed by atoms with Crippen molar-refractivity contribution in [3.05, 3.63) is 29.6 Å². The number of hydrogen-bond acceptors (Lipinski definition) is 4. The Morgan fingerprint density at radius 1 is 1.00 bits per heavy atom. The van der Waals surface area contributed by atoms with Gasteiger partial charge in [0, 0.05) is 0 Å². The normalized spacial score (nSPS) is 16.1. The van der Waals surface area contributed by atoms with Crippen LogP contribution in [0, 0.1) is 17.5 Å². The number of hydrogen-bond donors (Lipinski definition) is 0. The molecule has 90 valence electrons. The highest BCUT2D eigenvalue weighted by Gasteiger charge is 2.28. The topological polar surface area (TPSA) is 46.6 Å². The molecule has 0 unspecified atom stereocenters. The fourth-order valence-electron chi connectivity index (χ4n) is 1.49. The number of esters is 2. The molecule has 1 aliphatic heterocycles. The van der Waals surface area contributed by atoms with E-state index >= 15 is 0 Å². The highest BCUT2D eigenvalue weighted by molar-refractivity contribution is 5.94. The summed E-state index contributed by atoms with van der Waals surface area (Å²) in [6.45, 7) is -0.790. The van der Waals surface area contributed by atoms with E-state index in [-0.39, 0.29) is 5.69 Å². The molecular weight excluding hydrogens is 239 g/mol. The van der Waals surface area contributed by atoms with E-state index in [1.54, 1.807) is 0 Å². The second-order valence-electron chi connectivity index (χ2n) is 3.40. The van der Waals surface area contributed by atoms with Crippen molar-refractivity contribution in [1.82, 2.24) is 0 Å². The SMILES string of the molecule is O=C1CN(c2ccc(F)c(F)c2F)CC(=O)O1. The van der Waals surface area contributed by atoms with Crippen LogP contribution in [0.5, 0.6) is 0 Å². The Morgan fingerprint density at radius 2 is 1.59 bits per heavy atom. The number of rotatable bonds is 1. The molecule has 0 saturated carbocycles. The summed E-state index contributed by atoms with van der Waals surface area (Å²) in [6.07, 6.45) is 0. The summed E-state index contributed by atoms with van der Waals surface area (Å²) in [6, 6.07) is 1.68. The molecule has 1 aromatic rings. The maximum atomic E-state index is 13.4. The molecule has 0 aromatic heterocycles. The van der Waals surface area contributed by atoms with Crippen LogP contribution in [0.25, 0.3) is 0 Å². The lowest BCUT2D eigenvalue weighted by atomic mass is 10.2. The van der Waals surface area contributed by atoms with Crippen molar-refractivity contribution in [3.8, 4) is 0 Å². The molecule has 0 radical (unpaired) electrons. The molecule has 0 aliphatic carbocycles. The smallest absolute Gasteiger partial charge is 0.333 e. The van der Waals surface area contributed by atoms with Crippen LogP contribution in [0.1, 0.15) is 0 Å². The van der Waals surface area contributed by atoms with Crippen LogP contribution < -0.4 is 4.90 Å². The van der Waals surface area contributed by atoms with Gasteiger partial charge in [0.05, 0.1) is 5.69 Å². The number of anilines is 1. The lowest BCUT2D eigenvalue weighted by Crippen LogP contribution is -2.43. The Bertz CT molecular complexity index is 488. The van der Waals surface area contributed by atoms with Crippen molar-refractivity contribution in [2.45, 2.75) is 0 Å². The summed E-state index contributed by atoms with van der Waals surface area (Å²) in [5.74, 6) is -6.16. The van der Waals surface area contributed by atoms with Gasteiger partial charge < -0.3 is 9.64 Å². The molecule has 1 saturated heterocycles. The van der Waals surface area contributed by atoms with Gasteiger partial charge >= 0.3 is 11.9 Å². The number of cyclic esters (lactones) is 2. The number of halogens is 3. The summed E-state index contributed by atoms with van der Waals surface area (Å²) < 4.78 is 43.3. The Hall–Kier alpha value is -2.05. The first kappa shape index (κ1) is 11.4. The third-order valence-corrected chi connectivity index (χ3v) is 2.22. The minimum Gasteiger partial charge on any atom is -0.390 e. The molecule has 1 aromatic carbocycles. The van der Waals surface area contributed by atoms with Crippen LogP contribution in [0.3, 0.4) is 0 Å². The Balaban J connectivity index is 2.37. The van der Waals surface area contributed by atoms with E-state index in [9.17, 15) is 22.8 Å². The largest absolute Gasteiger partial charge is 0.390 e. The van der Waals surface area contributed by atoms with E-state index in [1.165, 1.54) is 0 Å². The number of carbonyl (C=O) groups excluding carboxylic acids is 2. The zero-order valence-electron chi connectivity index (χ0n) is 8.37. The minimum absolute atomic E-state index is 0.353. The predicted octanol–water partition coefficient (Wildman–Crippen LogP) is 0.994. The summed E-state index contributed by atoms with van der Waals surface area (Å²) in [5, 5.41) is 0. The summed E-state index contributed by atoms with van der Waals surface area (Å²) in [7, 11) is 0. The van der Waals surface area contributed by atoms with Gasteiger partial charge in [-0.3, -0.25) is 0 Å². The van der Waals surface area contributed by atoms with Gasteiger partial charge in [0.25, 0.3) is 0 Å². The maximum Gasteiger partial charge on any atom is 0.333 e. The molecule has 1 aliphatic rings. The second-order valence-corrected chi connectivity index (χ2v) is 3.40. The number of benzene rings is 1. The van der Waals surface area contributed by atoms with Crippen molar-refractivity contribution in [2.24, 2.45) is 0 Å². The number of morpholine rings is 1. The van der Waals surface area contributed by atoms with E-state index < -0.39 is 42.5 Å². The van der Waals surface area contributed by atoms with Gasteiger partial charge in [0.2, 0.25) is 0 Å². The summed E-state index contributed by atoms with van der Waals surface area (Å²) >= 11 is 0. The highest BCUT2D eigenvalue weighted by Crippen LogP contribution is 2.24. The van der Waals surface area contributed by atoms with Gasteiger partial charge in [-0.25, -0.2) is 22.8 Å². The van der Waals surface area contributed by atoms with Crippen LogP contribution in [0.15, 0.2) is 12.1 Å². The van der Waals surface area contributed by atoms with E-state index in [1.807, 2.05) is 0 Å². The van der Waals surface area contributed by atoms with E-state index in [4.69, 9.17) is 0 Å². The first-order valence-corrected chi connectivity index (χ1v) is 4.61. The van der Waals surface area contributed by atoms with Gasteiger partial charge in [0.1, 0.15) is 13.1 Å². The number of ether oxygens (including phenoxy) is 1. The van der Waals surface area contributed by atoms with Gasteiger partial charge in [0.15, 0.2) is 17.5 Å². The van der Waals surface area contributed by atoms with Crippen LogP contribution in [-0.2, 0) is 14.3 Å². The lowest BCUT2D eigenvalue weighted by molar-refractivity contribution is -0.160. The predicted molar refractivity (Wildman–Crippen MR) is 49.6 cm³/mol. The van der Waals surface area contributed by atoms with Gasteiger partial charge in [-0.05, 0) is 12.1 Å². The molecule has 0 bridgehead atoms. The van der Waals surface area contributed by atoms with Crippen molar-refractivity contribution in [3.63, 3.8) is 0 Å². The van der Waals surface area contributed by atoms with Crippen LogP contribution in [-0.4, -0.2) is 25.0 Å². The molecule has 0 atom stereocenters. The zero-order valence-corrected chi connectivity index (χ0v) is 8.37. The number of nitrogens with zero attached hydrogens (tertiary/aromatic N) is 1. The molecule has 0 N–H and O–H groups in total. The Labute approximate surface area is 93.6 Å². The maximum absolute atomic E-state index is 13.4. The third-order valence-electron chi connectivity index (χ3n) is 2.22. The van der Waals surface area contributed by atoms with Gasteiger partial charge in [-0.2, -0.15) is 0 Å². The third kappa shape index (κ3) is 2.08. The van der Waals surface area contributed by atoms with E-state index in [2.05, 4.69) is 4.74 Å². The highest BCUT2D eigenvalue weighted by atomic mass is 19.2. The summed E-state index contributed by atoms with van der Waals surface area (Å²) in [4.78, 5) is 22.9. The average Bonchev–Trinajstić information content (AvgIpc) is 2.24. The molecule has 0 amide bonds. The molecule has 0 spiro atoms. The second kappa shape index (κ2) is 4.08.